The Bertz CT molecular complexity index is 2560. The summed E-state index contributed by atoms with van der Waals surface area (Å²) in [6.45, 7) is -3.24. The van der Waals surface area contributed by atoms with Crippen molar-refractivity contribution < 1.29 is 56.1 Å². The molecule has 0 spiro atoms. The molecule has 4 aromatic rings. The highest BCUT2D eigenvalue weighted by atomic mass is 32.2. The largest absolute Gasteiger partial charge is 0.480 e. The van der Waals surface area contributed by atoms with E-state index in [1.807, 2.05) is 56.2 Å². The van der Waals surface area contributed by atoms with Gasteiger partial charge >= 0.3 is 17.9 Å². The van der Waals surface area contributed by atoms with E-state index in [9.17, 15) is 56.1 Å². The molecule has 4 aromatic carbocycles. The lowest BCUT2D eigenvalue weighted by Gasteiger charge is -2.26. The zero-order chi connectivity index (χ0) is 47.9. The van der Waals surface area contributed by atoms with Gasteiger partial charge in [0.15, 0.2) is 0 Å². The SMILES string of the molecule is CN(C)c1cccc2c(S(=O)(=O)NCCNC(=O)CN(CCN(CCNCC(=O)N(CCNS(=O)(=O)c3cccc4c(N(C)C)cccc34)CC(=O)O)CC(=O)O)CC(=O)O)cccc12. The summed E-state index contributed by atoms with van der Waals surface area (Å²) in [5.74, 6) is -5.00. The molecule has 0 aliphatic carbocycles. The molecule has 0 aromatic heterocycles. The number of benzene rings is 4. The Hall–Kier alpha value is -5.95. The average molecular weight is 944 g/mol. The van der Waals surface area contributed by atoms with Gasteiger partial charge in [0.1, 0.15) is 6.54 Å². The van der Waals surface area contributed by atoms with Crippen LogP contribution in [0.2, 0.25) is 0 Å². The number of carboxylic acid groups (broad SMARTS) is 3. The standard InChI is InChI=1S/C42H57N9O12S2/c1-47(2)34-13-5-11-32-30(34)9-7-15-36(32)64(60,61)45-18-17-44-38(52)26-50(28-41(56)57)24-23-49(27-40(54)55)21-19-43-25-39(53)51(29-42(58)59)22-20-46-65(62,63)37-16-8-10-31-33(37)12-6-14-35(31)48(3)4/h5-16,43,45-46H,17-29H2,1-4H3,(H,44,52)(H,54,55)(H,56,57)(H,58,59). The molecular formula is C42H57N9O12S2. The minimum absolute atomic E-state index is 0.00128. The summed E-state index contributed by atoms with van der Waals surface area (Å²) in [5.41, 5.74) is 1.65. The zero-order valence-electron chi connectivity index (χ0n) is 36.7. The maximum atomic E-state index is 13.4. The third kappa shape index (κ3) is 15.3. The van der Waals surface area contributed by atoms with Crippen LogP contribution in [0, 0.1) is 0 Å². The summed E-state index contributed by atoms with van der Waals surface area (Å²) in [6.07, 6.45) is 0. The smallest absolute Gasteiger partial charge is 0.323 e. The Balaban J connectivity index is 1.26. The number of amides is 2. The van der Waals surface area contributed by atoms with Gasteiger partial charge in [0, 0.05) is 113 Å². The number of fused-ring (bicyclic) bond motifs is 2. The van der Waals surface area contributed by atoms with Gasteiger partial charge in [-0.05, 0) is 24.3 Å². The molecule has 0 saturated heterocycles. The molecule has 0 heterocycles. The molecule has 4 rings (SSSR count). The monoisotopic (exact) mass is 943 g/mol. The number of carbonyl (C=O) groups excluding carboxylic acids is 2. The Morgan fingerprint density at radius 1 is 0.508 bits per heavy atom. The Morgan fingerprint density at radius 3 is 1.48 bits per heavy atom. The van der Waals surface area contributed by atoms with Gasteiger partial charge in [-0.3, -0.25) is 33.8 Å². The highest BCUT2D eigenvalue weighted by molar-refractivity contribution is 7.90. The number of nitrogens with zero attached hydrogens (tertiary/aromatic N) is 5. The molecule has 0 radical (unpaired) electrons. The summed E-state index contributed by atoms with van der Waals surface area (Å²) in [6, 6.07) is 20.4. The van der Waals surface area contributed by atoms with E-state index in [0.29, 0.717) is 16.2 Å². The van der Waals surface area contributed by atoms with Crippen LogP contribution < -0.4 is 29.9 Å². The van der Waals surface area contributed by atoms with Crippen molar-refractivity contribution in [2.45, 2.75) is 9.79 Å². The number of rotatable bonds is 28. The number of carboxylic acids is 3. The number of anilines is 2. The molecule has 65 heavy (non-hydrogen) atoms. The van der Waals surface area contributed by atoms with Crippen LogP contribution in [0.4, 0.5) is 11.4 Å². The molecule has 23 heteroatoms. The van der Waals surface area contributed by atoms with Crippen LogP contribution in [0.25, 0.3) is 21.5 Å². The van der Waals surface area contributed by atoms with Gasteiger partial charge in [-0.15, -0.1) is 0 Å². The molecule has 21 nitrogen and oxygen atoms in total. The second kappa shape index (κ2) is 23.8. The topological polar surface area (TPSA) is 279 Å². The maximum absolute atomic E-state index is 13.4. The first-order valence-electron chi connectivity index (χ1n) is 20.4. The summed E-state index contributed by atoms with van der Waals surface area (Å²) < 4.78 is 58.1. The van der Waals surface area contributed by atoms with Gasteiger partial charge in [-0.25, -0.2) is 26.3 Å². The normalized spacial score (nSPS) is 11.8. The van der Waals surface area contributed by atoms with E-state index in [1.165, 1.54) is 21.9 Å². The second-order valence-electron chi connectivity index (χ2n) is 15.4. The fourth-order valence-electron chi connectivity index (χ4n) is 7.04. The van der Waals surface area contributed by atoms with Gasteiger partial charge in [0.25, 0.3) is 0 Å². The second-order valence-corrected chi connectivity index (χ2v) is 18.8. The third-order valence-electron chi connectivity index (χ3n) is 10.1. The number of sulfonamides is 2. The first-order chi connectivity index (χ1) is 30.7. The molecule has 0 saturated carbocycles. The predicted octanol–water partition coefficient (Wildman–Crippen LogP) is -0.226. The lowest BCUT2D eigenvalue weighted by Crippen LogP contribution is -2.47. The van der Waals surface area contributed by atoms with Crippen LogP contribution in [0.15, 0.2) is 82.6 Å². The predicted molar refractivity (Wildman–Crippen MR) is 245 cm³/mol. The molecule has 0 fully saturated rings. The van der Waals surface area contributed by atoms with Gasteiger partial charge in [0.05, 0.1) is 36.0 Å². The molecule has 7 N–H and O–H groups in total. The molecule has 354 valence electrons. The van der Waals surface area contributed by atoms with Crippen molar-refractivity contribution >= 4 is 82.7 Å². The van der Waals surface area contributed by atoms with E-state index in [1.54, 1.807) is 42.5 Å². The summed E-state index contributed by atoms with van der Waals surface area (Å²) in [7, 11) is -0.681. The van der Waals surface area contributed by atoms with Gasteiger partial charge < -0.3 is 40.7 Å². The lowest BCUT2D eigenvalue weighted by atomic mass is 10.1. The Morgan fingerprint density at radius 2 is 0.969 bits per heavy atom. The Labute approximate surface area is 378 Å². The van der Waals surface area contributed by atoms with Crippen LogP contribution in [0.5, 0.6) is 0 Å². The van der Waals surface area contributed by atoms with E-state index < -0.39 is 75.9 Å². The van der Waals surface area contributed by atoms with Crippen molar-refractivity contribution in [1.29, 1.82) is 0 Å². The highest BCUT2D eigenvalue weighted by Gasteiger charge is 2.23. The first kappa shape index (κ1) is 51.7. The number of hydrogen-bond donors (Lipinski definition) is 7. The minimum Gasteiger partial charge on any atom is -0.480 e. The molecule has 0 bridgehead atoms. The van der Waals surface area contributed by atoms with Gasteiger partial charge in [0.2, 0.25) is 31.9 Å². The summed E-state index contributed by atoms with van der Waals surface area (Å²) in [5, 5.41) is 36.4. The van der Waals surface area contributed by atoms with Crippen LogP contribution in [0.3, 0.4) is 0 Å². The number of nitrogens with one attached hydrogen (secondary N) is 4. The van der Waals surface area contributed by atoms with Crippen molar-refractivity contribution in [3.8, 4) is 0 Å². The van der Waals surface area contributed by atoms with E-state index in [-0.39, 0.29) is 68.7 Å². The van der Waals surface area contributed by atoms with Crippen LogP contribution in [-0.2, 0) is 44.0 Å². The summed E-state index contributed by atoms with van der Waals surface area (Å²) >= 11 is 0. The average Bonchev–Trinajstić information content (AvgIpc) is 3.23. The molecule has 0 unspecified atom stereocenters. The fourth-order valence-corrected chi connectivity index (χ4v) is 9.54. The van der Waals surface area contributed by atoms with Crippen molar-refractivity contribution in [3.63, 3.8) is 0 Å². The van der Waals surface area contributed by atoms with Crippen molar-refractivity contribution in [3.05, 3.63) is 72.8 Å². The molecule has 2 amide bonds. The summed E-state index contributed by atoms with van der Waals surface area (Å²) in [4.78, 5) is 68.4. The lowest BCUT2D eigenvalue weighted by molar-refractivity contribution is -0.144. The fraction of sp³-hybridized carbons (Fsp3) is 0.405. The van der Waals surface area contributed by atoms with E-state index in [4.69, 9.17) is 0 Å². The van der Waals surface area contributed by atoms with Crippen molar-refractivity contribution in [2.24, 2.45) is 0 Å². The molecule has 0 atom stereocenters. The number of hydrogen-bond acceptors (Lipinski definition) is 14. The quantitative estimate of drug-likeness (QED) is 0.0363. The Kier molecular flexibility index (Phi) is 18.9. The molecule has 0 aliphatic heterocycles. The van der Waals surface area contributed by atoms with Gasteiger partial charge in [-0.2, -0.15) is 0 Å². The molecular weight excluding hydrogens is 887 g/mol. The molecule has 0 aliphatic rings. The van der Waals surface area contributed by atoms with Crippen molar-refractivity contribution in [2.75, 3.05) is 123 Å². The number of carbonyl (C=O) groups is 5. The number of aliphatic carboxylic acids is 3. The highest BCUT2D eigenvalue weighted by Crippen LogP contribution is 2.31. The van der Waals surface area contributed by atoms with Gasteiger partial charge in [-0.1, -0.05) is 48.5 Å². The minimum atomic E-state index is -4.08. The maximum Gasteiger partial charge on any atom is 0.323 e. The third-order valence-corrected chi connectivity index (χ3v) is 13.1. The van der Waals surface area contributed by atoms with E-state index >= 15 is 0 Å². The van der Waals surface area contributed by atoms with Crippen LogP contribution in [-0.4, -0.2) is 190 Å². The first-order valence-corrected chi connectivity index (χ1v) is 23.4. The van der Waals surface area contributed by atoms with E-state index in [2.05, 4.69) is 20.1 Å². The van der Waals surface area contributed by atoms with Crippen molar-refractivity contribution in [1.82, 2.24) is 34.8 Å². The zero-order valence-corrected chi connectivity index (χ0v) is 38.3. The van der Waals surface area contributed by atoms with Crippen LogP contribution >= 0.6 is 0 Å². The van der Waals surface area contributed by atoms with Crippen LogP contribution in [0.1, 0.15) is 0 Å². The van der Waals surface area contributed by atoms with E-state index in [0.717, 1.165) is 21.7 Å².